The summed E-state index contributed by atoms with van der Waals surface area (Å²) in [5.74, 6) is 0.944. The number of nitrogens with zero attached hydrogens (tertiary/aromatic N) is 2. The largest absolute Gasteiger partial charge is 0.485 e. The quantitative estimate of drug-likeness (QED) is 0.886. The Morgan fingerprint density at radius 3 is 2.94 bits per heavy atom. The molecule has 4 nitrogen and oxygen atoms in total. The number of nitrogens with one attached hydrogen (secondary N) is 1. The van der Waals surface area contributed by atoms with Crippen molar-refractivity contribution >= 4 is 16.5 Å². The van der Waals surface area contributed by atoms with E-state index < -0.39 is 0 Å². The third kappa shape index (κ3) is 1.76. The Morgan fingerprint density at radius 1 is 1.35 bits per heavy atom. The summed E-state index contributed by atoms with van der Waals surface area (Å²) in [6, 6.07) is 8.20. The normalized spacial score (nSPS) is 20.7. The molecule has 0 amide bonds. The topological polar surface area (TPSA) is 47.0 Å². The zero-order valence-corrected chi connectivity index (χ0v) is 10.5. The lowest BCUT2D eigenvalue weighted by molar-refractivity contribution is 0.118. The summed E-state index contributed by atoms with van der Waals surface area (Å²) in [6.07, 6.45) is 0. The molecule has 0 aliphatic carbocycles. The number of anilines is 1. The van der Waals surface area contributed by atoms with Crippen LogP contribution in [-0.4, -0.2) is 15.8 Å². The van der Waals surface area contributed by atoms with Gasteiger partial charge in [0.15, 0.2) is 0 Å². The predicted molar refractivity (Wildman–Crippen MR) is 67.4 cm³/mol. The number of fused-ring (bicyclic) bond motifs is 1. The highest BCUT2D eigenvalue weighted by molar-refractivity contribution is 7.13. The fourth-order valence-electron chi connectivity index (χ4n) is 2.14. The SMILES string of the molecule is CC1(C)Oc2ccccc2C1Nc1nncs1. The Balaban J connectivity index is 1.97. The van der Waals surface area contributed by atoms with Crippen LogP contribution >= 0.6 is 11.3 Å². The van der Waals surface area contributed by atoms with Crippen LogP contribution in [0.2, 0.25) is 0 Å². The van der Waals surface area contributed by atoms with Gasteiger partial charge in [-0.2, -0.15) is 0 Å². The smallest absolute Gasteiger partial charge is 0.206 e. The van der Waals surface area contributed by atoms with Crippen LogP contribution in [0.25, 0.3) is 0 Å². The van der Waals surface area contributed by atoms with Crippen molar-refractivity contribution in [2.24, 2.45) is 0 Å². The molecule has 0 saturated heterocycles. The zero-order valence-electron chi connectivity index (χ0n) is 9.68. The summed E-state index contributed by atoms with van der Waals surface area (Å²) < 4.78 is 5.95. The summed E-state index contributed by atoms with van der Waals surface area (Å²) >= 11 is 1.50. The molecule has 1 aromatic heterocycles. The molecule has 3 rings (SSSR count). The Bertz CT molecular complexity index is 524. The van der Waals surface area contributed by atoms with Crippen molar-refractivity contribution in [3.05, 3.63) is 35.3 Å². The van der Waals surface area contributed by atoms with Gasteiger partial charge in [0.05, 0.1) is 6.04 Å². The molecule has 0 bridgehead atoms. The molecule has 0 saturated carbocycles. The van der Waals surface area contributed by atoms with Crippen molar-refractivity contribution in [2.45, 2.75) is 25.5 Å². The second-order valence-electron chi connectivity index (χ2n) is 4.56. The number of ether oxygens (including phenoxy) is 1. The van der Waals surface area contributed by atoms with E-state index in [-0.39, 0.29) is 11.6 Å². The van der Waals surface area contributed by atoms with Gasteiger partial charge < -0.3 is 10.1 Å². The average Bonchev–Trinajstić information content (AvgIpc) is 2.86. The molecular weight excluding hydrogens is 234 g/mol. The summed E-state index contributed by atoms with van der Waals surface area (Å²) in [7, 11) is 0. The van der Waals surface area contributed by atoms with E-state index >= 15 is 0 Å². The second-order valence-corrected chi connectivity index (χ2v) is 5.40. The maximum Gasteiger partial charge on any atom is 0.206 e. The van der Waals surface area contributed by atoms with Crippen molar-refractivity contribution in [3.8, 4) is 5.75 Å². The van der Waals surface area contributed by atoms with E-state index in [9.17, 15) is 0 Å². The van der Waals surface area contributed by atoms with Gasteiger partial charge in [0, 0.05) is 5.56 Å². The van der Waals surface area contributed by atoms with Crippen molar-refractivity contribution < 1.29 is 4.74 Å². The lowest BCUT2D eigenvalue weighted by Crippen LogP contribution is -2.34. The first-order valence-corrected chi connectivity index (χ1v) is 6.35. The monoisotopic (exact) mass is 247 g/mol. The highest BCUT2D eigenvalue weighted by Gasteiger charge is 2.41. The molecule has 17 heavy (non-hydrogen) atoms. The first-order chi connectivity index (χ1) is 8.17. The van der Waals surface area contributed by atoms with Gasteiger partial charge in [0.25, 0.3) is 0 Å². The Labute approximate surface area is 104 Å². The third-order valence-corrected chi connectivity index (χ3v) is 3.55. The van der Waals surface area contributed by atoms with E-state index in [1.807, 2.05) is 18.2 Å². The van der Waals surface area contributed by atoms with E-state index in [4.69, 9.17) is 4.74 Å². The minimum absolute atomic E-state index is 0.103. The van der Waals surface area contributed by atoms with E-state index in [0.717, 1.165) is 10.9 Å². The molecule has 1 unspecified atom stereocenters. The van der Waals surface area contributed by atoms with Crippen molar-refractivity contribution in [1.82, 2.24) is 10.2 Å². The first kappa shape index (κ1) is 10.5. The zero-order chi connectivity index (χ0) is 11.9. The van der Waals surface area contributed by atoms with Gasteiger partial charge in [0.2, 0.25) is 5.13 Å². The van der Waals surface area contributed by atoms with Crippen LogP contribution in [0.4, 0.5) is 5.13 Å². The molecule has 1 N–H and O–H groups in total. The molecular formula is C12H13N3OS. The fraction of sp³-hybridized carbons (Fsp3) is 0.333. The molecule has 2 aromatic rings. The van der Waals surface area contributed by atoms with Crippen molar-refractivity contribution in [2.75, 3.05) is 5.32 Å². The van der Waals surface area contributed by atoms with Crippen molar-refractivity contribution in [3.63, 3.8) is 0 Å². The van der Waals surface area contributed by atoms with Crippen molar-refractivity contribution in [1.29, 1.82) is 0 Å². The number of benzene rings is 1. The second kappa shape index (κ2) is 3.70. The minimum atomic E-state index is -0.282. The van der Waals surface area contributed by atoms with Gasteiger partial charge in [-0.3, -0.25) is 0 Å². The van der Waals surface area contributed by atoms with Crippen LogP contribution in [-0.2, 0) is 0 Å². The summed E-state index contributed by atoms with van der Waals surface area (Å²) in [4.78, 5) is 0. The molecule has 88 valence electrons. The Morgan fingerprint density at radius 2 is 2.18 bits per heavy atom. The van der Waals surface area contributed by atoms with E-state index in [2.05, 4.69) is 35.4 Å². The van der Waals surface area contributed by atoms with Gasteiger partial charge in [-0.1, -0.05) is 29.5 Å². The van der Waals surface area contributed by atoms with Crippen LogP contribution < -0.4 is 10.1 Å². The maximum atomic E-state index is 5.95. The number of aromatic nitrogens is 2. The van der Waals surface area contributed by atoms with Gasteiger partial charge >= 0.3 is 0 Å². The lowest BCUT2D eigenvalue weighted by atomic mass is 9.95. The molecule has 1 aliphatic rings. The maximum absolute atomic E-state index is 5.95. The summed E-state index contributed by atoms with van der Waals surface area (Å²) in [5, 5.41) is 12.1. The molecule has 2 heterocycles. The van der Waals surface area contributed by atoms with Gasteiger partial charge in [-0.15, -0.1) is 10.2 Å². The van der Waals surface area contributed by atoms with Crippen LogP contribution in [0.3, 0.4) is 0 Å². The van der Waals surface area contributed by atoms with E-state index in [0.29, 0.717) is 0 Å². The summed E-state index contributed by atoms with van der Waals surface area (Å²) in [5.41, 5.74) is 2.61. The van der Waals surface area contributed by atoms with Gasteiger partial charge in [-0.25, -0.2) is 0 Å². The predicted octanol–water partition coefficient (Wildman–Crippen LogP) is 2.86. The lowest BCUT2D eigenvalue weighted by Gasteiger charge is -2.26. The first-order valence-electron chi connectivity index (χ1n) is 5.47. The molecule has 0 radical (unpaired) electrons. The molecule has 1 aromatic carbocycles. The molecule has 5 heteroatoms. The van der Waals surface area contributed by atoms with Crippen LogP contribution in [0.5, 0.6) is 5.75 Å². The number of para-hydroxylation sites is 1. The van der Waals surface area contributed by atoms with Crippen LogP contribution in [0.15, 0.2) is 29.8 Å². The molecule has 1 atom stereocenters. The highest BCUT2D eigenvalue weighted by Crippen LogP contribution is 2.44. The number of rotatable bonds is 2. The molecule has 0 fully saturated rings. The Kier molecular flexibility index (Phi) is 2.29. The van der Waals surface area contributed by atoms with E-state index in [1.165, 1.54) is 16.9 Å². The van der Waals surface area contributed by atoms with Crippen LogP contribution in [0.1, 0.15) is 25.5 Å². The average molecular weight is 247 g/mol. The van der Waals surface area contributed by atoms with Gasteiger partial charge in [0.1, 0.15) is 16.9 Å². The van der Waals surface area contributed by atoms with Crippen LogP contribution in [0, 0.1) is 0 Å². The third-order valence-electron chi connectivity index (χ3n) is 2.93. The number of hydrogen-bond acceptors (Lipinski definition) is 5. The van der Waals surface area contributed by atoms with E-state index in [1.54, 1.807) is 5.51 Å². The Hall–Kier alpha value is -1.62. The minimum Gasteiger partial charge on any atom is -0.485 e. The number of hydrogen-bond donors (Lipinski definition) is 1. The standard InChI is InChI=1S/C12H13N3OS/c1-12(2)10(14-11-15-13-7-17-11)8-5-3-4-6-9(8)16-12/h3-7,10H,1-2H3,(H,14,15). The van der Waals surface area contributed by atoms with Gasteiger partial charge in [-0.05, 0) is 19.9 Å². The molecule has 1 aliphatic heterocycles. The fourth-order valence-corrected chi connectivity index (χ4v) is 2.61. The molecule has 0 spiro atoms. The highest BCUT2D eigenvalue weighted by atomic mass is 32.1. The summed E-state index contributed by atoms with van der Waals surface area (Å²) in [6.45, 7) is 4.15.